The van der Waals surface area contributed by atoms with Gasteiger partial charge in [-0.05, 0) is 214 Å². The largest absolute Gasteiger partial charge is 0.456 e. The van der Waals surface area contributed by atoms with Gasteiger partial charge in [0.05, 0.1) is 0 Å². The second-order valence-corrected chi connectivity index (χ2v) is 27.9. The topological polar surface area (TPSA) is 39.4 Å². The fraction of sp³-hybridized carbons (Fsp3) is 0. The van der Waals surface area contributed by atoms with Gasteiger partial charge in [-0.2, -0.15) is 0 Å². The van der Waals surface area contributed by atoms with Gasteiger partial charge < -0.3 is 13.3 Å². The molecular formula is C104H64O3. The third-order valence-corrected chi connectivity index (χ3v) is 21.9. The average Bonchev–Trinajstić information content (AvgIpc) is 1.01. The number of para-hydroxylation sites is 1. The molecule has 0 saturated carbocycles. The van der Waals surface area contributed by atoms with E-state index in [9.17, 15) is 0 Å². The SMILES string of the molecule is c1ccc(-c2c3ccccc3c(-c3ccc4c(c3)oc3ccccc34)c3ccccc23)cc1.c1ccc(-c2c3ccccc3c(-c3ccc4oc5cc6ccccc6cc5c4c3)c3ccccc23)cc1.c1ccc(-c2c3ccccc3c(-c3ccc4oc5ccc6ccccc6c5c4c3)c3ccccc23)cc1. The summed E-state index contributed by atoms with van der Waals surface area (Å²) in [5, 5.41) is 27.0. The first kappa shape index (κ1) is 61.5. The monoisotopic (exact) mass is 1360 g/mol. The lowest BCUT2D eigenvalue weighted by Crippen LogP contribution is -1.90. The summed E-state index contributed by atoms with van der Waals surface area (Å²) >= 11 is 0. The average molecular weight is 1360 g/mol. The summed E-state index contributed by atoms with van der Waals surface area (Å²) in [6.07, 6.45) is 0. The van der Waals surface area contributed by atoms with E-state index >= 15 is 0 Å². The summed E-state index contributed by atoms with van der Waals surface area (Å²) in [7, 11) is 0. The molecule has 23 aromatic rings. The maximum Gasteiger partial charge on any atom is 0.136 e. The standard InChI is InChI=1S/2C36H22O.C32H20O/c1-2-11-24(12-3-1)34-27-14-6-8-16-29(27)35(30-17-9-7-15-28(30)34)25-19-20-32-31(22-25)36-26-13-5-4-10-23(26)18-21-33(36)37-32;1-2-10-23(11-3-1)35-27-14-6-8-16-29(27)36(30-17-9-7-15-28(30)35)26-18-19-33-31(21-26)32-20-24-12-4-5-13-25(24)22-34(32)37-33;1-2-10-21(11-3-1)31-25-13-4-6-15-27(25)32(28-16-7-5-14-26(28)31)22-18-19-24-23-12-8-9-17-29(23)33-30(24)20-22/h2*1-22H;1-20H. The molecule has 3 aromatic heterocycles. The van der Waals surface area contributed by atoms with Gasteiger partial charge in [-0.15, -0.1) is 0 Å². The van der Waals surface area contributed by atoms with E-state index in [1.54, 1.807) is 0 Å². The van der Waals surface area contributed by atoms with E-state index in [0.29, 0.717) is 0 Å². The number of fused-ring (bicyclic) bond motifs is 18. The summed E-state index contributed by atoms with van der Waals surface area (Å²) in [6, 6.07) is 139. The lowest BCUT2D eigenvalue weighted by Gasteiger charge is -2.17. The zero-order chi connectivity index (χ0) is 70.5. The van der Waals surface area contributed by atoms with Crippen LogP contribution in [0.4, 0.5) is 0 Å². The highest BCUT2D eigenvalue weighted by atomic mass is 16.3. The molecule has 3 heteroatoms. The highest BCUT2D eigenvalue weighted by Crippen LogP contribution is 2.50. The smallest absolute Gasteiger partial charge is 0.136 e. The lowest BCUT2D eigenvalue weighted by atomic mass is 9.86. The van der Waals surface area contributed by atoms with Crippen LogP contribution < -0.4 is 0 Å². The van der Waals surface area contributed by atoms with Gasteiger partial charge in [0.25, 0.3) is 0 Å². The zero-order valence-corrected chi connectivity index (χ0v) is 58.2. The minimum Gasteiger partial charge on any atom is -0.456 e. The van der Waals surface area contributed by atoms with Crippen LogP contribution in [0.3, 0.4) is 0 Å². The van der Waals surface area contributed by atoms with Crippen LogP contribution in [0.1, 0.15) is 0 Å². The molecule has 0 bridgehead atoms. The molecule has 498 valence electrons. The number of rotatable bonds is 6. The van der Waals surface area contributed by atoms with Crippen molar-refractivity contribution < 1.29 is 13.3 Å². The fourth-order valence-corrected chi connectivity index (χ4v) is 17.3. The molecule has 0 unspecified atom stereocenters. The first-order valence-corrected chi connectivity index (χ1v) is 36.7. The number of hydrogen-bond acceptors (Lipinski definition) is 3. The van der Waals surface area contributed by atoms with E-state index < -0.39 is 0 Å². The van der Waals surface area contributed by atoms with Gasteiger partial charge in [0, 0.05) is 32.3 Å². The van der Waals surface area contributed by atoms with Crippen molar-refractivity contribution in [2.45, 2.75) is 0 Å². The van der Waals surface area contributed by atoms with Crippen molar-refractivity contribution in [3.8, 4) is 66.8 Å². The Kier molecular flexibility index (Phi) is 14.6. The van der Waals surface area contributed by atoms with Crippen molar-refractivity contribution in [3.63, 3.8) is 0 Å². The van der Waals surface area contributed by atoms with Crippen LogP contribution in [0.15, 0.2) is 401 Å². The Morgan fingerprint density at radius 2 is 0.393 bits per heavy atom. The Morgan fingerprint density at radius 1 is 0.121 bits per heavy atom. The van der Waals surface area contributed by atoms with Crippen molar-refractivity contribution >= 4 is 152 Å². The Bertz CT molecular complexity index is 7310. The summed E-state index contributed by atoms with van der Waals surface area (Å²) < 4.78 is 18.8. The van der Waals surface area contributed by atoms with Crippen LogP contribution in [0.5, 0.6) is 0 Å². The van der Waals surface area contributed by atoms with E-state index in [2.05, 4.69) is 376 Å². The highest BCUT2D eigenvalue weighted by molar-refractivity contribution is 6.27. The summed E-state index contributed by atoms with van der Waals surface area (Å²) in [6.45, 7) is 0. The molecule has 0 atom stereocenters. The molecule has 0 aliphatic rings. The molecule has 20 aromatic carbocycles. The van der Waals surface area contributed by atoms with Gasteiger partial charge in [-0.3, -0.25) is 0 Å². The second kappa shape index (κ2) is 25.4. The summed E-state index contributed by atoms with van der Waals surface area (Å²) in [4.78, 5) is 0. The van der Waals surface area contributed by atoms with Gasteiger partial charge in [-0.25, -0.2) is 0 Å². The van der Waals surface area contributed by atoms with Crippen molar-refractivity contribution in [1.82, 2.24) is 0 Å². The quantitative estimate of drug-likeness (QED) is 0.156. The fourth-order valence-electron chi connectivity index (χ4n) is 17.3. The lowest BCUT2D eigenvalue weighted by molar-refractivity contribution is 0.669. The molecule has 0 aliphatic heterocycles. The molecular weight excluding hydrogens is 1300 g/mol. The first-order chi connectivity index (χ1) is 53.1. The summed E-state index contributed by atoms with van der Waals surface area (Å²) in [5.41, 5.74) is 20.5. The first-order valence-electron chi connectivity index (χ1n) is 36.7. The maximum atomic E-state index is 6.30. The van der Waals surface area contributed by atoms with Crippen LogP contribution in [-0.2, 0) is 0 Å². The maximum absolute atomic E-state index is 6.30. The van der Waals surface area contributed by atoms with Crippen molar-refractivity contribution in [3.05, 3.63) is 388 Å². The molecule has 3 nitrogen and oxygen atoms in total. The predicted octanol–water partition coefficient (Wildman–Crippen LogP) is 30.0. The Morgan fingerprint density at radius 3 is 0.832 bits per heavy atom. The molecule has 0 N–H and O–H groups in total. The third kappa shape index (κ3) is 10.3. The number of benzene rings is 20. The highest BCUT2D eigenvalue weighted by Gasteiger charge is 2.23. The van der Waals surface area contributed by atoms with Crippen molar-refractivity contribution in [2.24, 2.45) is 0 Å². The van der Waals surface area contributed by atoms with Crippen LogP contribution in [0.2, 0.25) is 0 Å². The van der Waals surface area contributed by atoms with Crippen molar-refractivity contribution in [2.75, 3.05) is 0 Å². The molecule has 0 saturated heterocycles. The van der Waals surface area contributed by atoms with E-state index in [0.717, 1.165) is 60.4 Å². The van der Waals surface area contributed by atoms with Gasteiger partial charge in [0.1, 0.15) is 33.5 Å². The summed E-state index contributed by atoms with van der Waals surface area (Å²) in [5.74, 6) is 0. The third-order valence-electron chi connectivity index (χ3n) is 21.9. The van der Waals surface area contributed by atoms with Crippen molar-refractivity contribution in [1.29, 1.82) is 0 Å². The molecule has 107 heavy (non-hydrogen) atoms. The number of furan rings is 3. The van der Waals surface area contributed by atoms with Gasteiger partial charge >= 0.3 is 0 Å². The minimum atomic E-state index is 0.920. The Labute approximate surface area is 616 Å². The molecule has 0 amide bonds. The molecule has 23 rings (SSSR count). The van der Waals surface area contributed by atoms with E-state index in [-0.39, 0.29) is 0 Å². The number of hydrogen-bond donors (Lipinski definition) is 0. The Hall–Kier alpha value is -14.1. The normalized spacial score (nSPS) is 11.7. The predicted molar refractivity (Wildman–Crippen MR) is 454 cm³/mol. The molecule has 0 fully saturated rings. The van der Waals surface area contributed by atoms with Gasteiger partial charge in [0.15, 0.2) is 0 Å². The Balaban J connectivity index is 0.000000103. The van der Waals surface area contributed by atoms with E-state index in [1.165, 1.54) is 158 Å². The van der Waals surface area contributed by atoms with E-state index in [4.69, 9.17) is 13.3 Å². The van der Waals surface area contributed by atoms with Gasteiger partial charge in [-0.1, -0.05) is 328 Å². The molecule has 0 aliphatic carbocycles. The molecule has 0 spiro atoms. The molecule has 3 heterocycles. The molecule has 0 radical (unpaired) electrons. The van der Waals surface area contributed by atoms with Crippen LogP contribution >= 0.6 is 0 Å². The van der Waals surface area contributed by atoms with Gasteiger partial charge in [0.2, 0.25) is 0 Å². The second-order valence-electron chi connectivity index (χ2n) is 27.9. The van der Waals surface area contributed by atoms with Crippen LogP contribution in [0.25, 0.3) is 219 Å². The minimum absolute atomic E-state index is 0.920. The van der Waals surface area contributed by atoms with Crippen LogP contribution in [-0.4, -0.2) is 0 Å². The zero-order valence-electron chi connectivity index (χ0n) is 58.2. The van der Waals surface area contributed by atoms with Crippen LogP contribution in [0, 0.1) is 0 Å². The van der Waals surface area contributed by atoms with E-state index in [1.807, 2.05) is 12.1 Å².